The molecule has 3 aromatic carbocycles. The third-order valence-corrected chi connectivity index (χ3v) is 6.79. The highest BCUT2D eigenvalue weighted by molar-refractivity contribution is 8.00. The molecule has 0 aliphatic carbocycles. The number of para-hydroxylation sites is 1. The van der Waals surface area contributed by atoms with Crippen molar-refractivity contribution in [1.29, 1.82) is 0 Å². The van der Waals surface area contributed by atoms with E-state index in [0.717, 1.165) is 35.3 Å². The first kappa shape index (κ1) is 22.2. The van der Waals surface area contributed by atoms with Crippen LogP contribution < -0.4 is 10.2 Å². The molecule has 0 unspecified atom stereocenters. The molecule has 32 heavy (non-hydrogen) atoms. The summed E-state index contributed by atoms with van der Waals surface area (Å²) in [6, 6.07) is 26.1. The van der Waals surface area contributed by atoms with E-state index >= 15 is 0 Å². The Kier molecular flexibility index (Phi) is 7.28. The van der Waals surface area contributed by atoms with Gasteiger partial charge in [0.05, 0.1) is 5.75 Å². The van der Waals surface area contributed by atoms with Crippen LogP contribution in [-0.2, 0) is 22.4 Å². The molecular formula is C27H28N2O2S. The first-order valence-corrected chi connectivity index (χ1v) is 12.2. The van der Waals surface area contributed by atoms with Crippen molar-refractivity contribution in [3.63, 3.8) is 0 Å². The fraction of sp³-hybridized carbons (Fsp3) is 0.259. The summed E-state index contributed by atoms with van der Waals surface area (Å²) in [7, 11) is 0. The molecule has 1 aliphatic rings. The predicted octanol–water partition coefficient (Wildman–Crippen LogP) is 5.99. The van der Waals surface area contributed by atoms with Crippen LogP contribution in [0.5, 0.6) is 0 Å². The molecule has 0 saturated carbocycles. The second-order valence-corrected chi connectivity index (χ2v) is 9.03. The van der Waals surface area contributed by atoms with E-state index in [1.165, 1.54) is 5.56 Å². The number of carbonyl (C=O) groups is 2. The van der Waals surface area contributed by atoms with Crippen molar-refractivity contribution in [1.82, 2.24) is 0 Å². The van der Waals surface area contributed by atoms with E-state index in [1.807, 2.05) is 77.7 Å². The number of rotatable bonds is 8. The zero-order chi connectivity index (χ0) is 22.3. The second-order valence-electron chi connectivity index (χ2n) is 7.97. The Balaban J connectivity index is 1.49. The maximum atomic E-state index is 12.8. The fourth-order valence-corrected chi connectivity index (χ4v) is 5.21. The molecule has 5 heteroatoms. The van der Waals surface area contributed by atoms with E-state index in [9.17, 15) is 9.59 Å². The van der Waals surface area contributed by atoms with Gasteiger partial charge in [-0.3, -0.25) is 14.5 Å². The van der Waals surface area contributed by atoms with Crippen LogP contribution >= 0.6 is 11.8 Å². The molecule has 164 valence electrons. The predicted molar refractivity (Wildman–Crippen MR) is 133 cm³/mol. The maximum absolute atomic E-state index is 12.8. The average Bonchev–Trinajstić information content (AvgIpc) is 3.20. The number of amides is 2. The van der Waals surface area contributed by atoms with Crippen molar-refractivity contribution in [3.05, 3.63) is 95.6 Å². The van der Waals surface area contributed by atoms with E-state index in [1.54, 1.807) is 11.8 Å². The summed E-state index contributed by atoms with van der Waals surface area (Å²) in [4.78, 5) is 27.2. The summed E-state index contributed by atoms with van der Waals surface area (Å²) in [6.45, 7) is 2.15. The van der Waals surface area contributed by atoms with Gasteiger partial charge in [0.15, 0.2) is 0 Å². The normalized spacial score (nSPS) is 15.7. The van der Waals surface area contributed by atoms with Crippen LogP contribution in [0, 0.1) is 0 Å². The van der Waals surface area contributed by atoms with Crippen molar-refractivity contribution < 1.29 is 9.59 Å². The molecule has 0 aromatic heterocycles. The van der Waals surface area contributed by atoms with Crippen LogP contribution in [0.3, 0.4) is 0 Å². The second kappa shape index (κ2) is 10.5. The average molecular weight is 445 g/mol. The molecule has 1 saturated heterocycles. The molecule has 0 spiro atoms. The van der Waals surface area contributed by atoms with Crippen molar-refractivity contribution >= 4 is 35.0 Å². The Bertz CT molecular complexity index is 1080. The SMILES string of the molecule is CCCc1ccccc1N1C(=O)CS[C@@H]1c1cccc(NC(=O)CCc2ccccc2)c1. The number of carbonyl (C=O) groups excluding carboxylic acids is 2. The lowest BCUT2D eigenvalue weighted by Crippen LogP contribution is -2.28. The van der Waals surface area contributed by atoms with Crippen LogP contribution in [0.25, 0.3) is 0 Å². The fourth-order valence-electron chi connectivity index (χ4n) is 4.05. The molecular weight excluding hydrogens is 416 g/mol. The first-order valence-electron chi connectivity index (χ1n) is 11.1. The Morgan fingerprint density at radius 1 is 1.00 bits per heavy atom. The number of hydrogen-bond donors (Lipinski definition) is 1. The lowest BCUT2D eigenvalue weighted by Gasteiger charge is -2.27. The molecule has 1 atom stereocenters. The maximum Gasteiger partial charge on any atom is 0.238 e. The summed E-state index contributed by atoms with van der Waals surface area (Å²) in [5.41, 5.74) is 5.13. The van der Waals surface area contributed by atoms with Crippen molar-refractivity contribution in [3.8, 4) is 0 Å². The summed E-state index contributed by atoms with van der Waals surface area (Å²) in [5, 5.41) is 2.93. The van der Waals surface area contributed by atoms with Gasteiger partial charge in [-0.1, -0.05) is 74.0 Å². The Hall–Kier alpha value is -3.05. The van der Waals surface area contributed by atoms with E-state index in [-0.39, 0.29) is 17.2 Å². The molecule has 1 fully saturated rings. The van der Waals surface area contributed by atoms with Gasteiger partial charge in [-0.15, -0.1) is 11.8 Å². The van der Waals surface area contributed by atoms with Crippen molar-refractivity contribution in [2.24, 2.45) is 0 Å². The Morgan fingerprint density at radius 2 is 1.78 bits per heavy atom. The standard InChI is InChI=1S/C27H28N2O2S/c1-2-9-21-12-6-7-15-24(21)29-26(31)19-32-27(29)22-13-8-14-23(18-22)28-25(30)17-16-20-10-4-3-5-11-20/h3-8,10-15,18,27H,2,9,16-17,19H2,1H3,(H,28,30)/t27-/m1/s1. The number of nitrogens with one attached hydrogen (secondary N) is 1. The molecule has 2 amide bonds. The smallest absolute Gasteiger partial charge is 0.238 e. The molecule has 3 aromatic rings. The minimum Gasteiger partial charge on any atom is -0.326 e. The van der Waals surface area contributed by atoms with Crippen LogP contribution in [0.4, 0.5) is 11.4 Å². The lowest BCUT2D eigenvalue weighted by atomic mass is 10.1. The number of thioether (sulfide) groups is 1. The lowest BCUT2D eigenvalue weighted by molar-refractivity contribution is -0.116. The van der Waals surface area contributed by atoms with E-state index in [4.69, 9.17) is 0 Å². The van der Waals surface area contributed by atoms with Gasteiger partial charge in [-0.25, -0.2) is 0 Å². The highest BCUT2D eigenvalue weighted by Crippen LogP contribution is 2.43. The van der Waals surface area contributed by atoms with Crippen LogP contribution in [0.2, 0.25) is 0 Å². The topological polar surface area (TPSA) is 49.4 Å². The molecule has 1 aliphatic heterocycles. The van der Waals surface area contributed by atoms with E-state index in [2.05, 4.69) is 18.3 Å². The monoisotopic (exact) mass is 444 g/mol. The highest BCUT2D eigenvalue weighted by atomic mass is 32.2. The summed E-state index contributed by atoms with van der Waals surface area (Å²) in [5.74, 6) is 0.575. The van der Waals surface area contributed by atoms with Crippen molar-refractivity contribution in [2.75, 3.05) is 16.0 Å². The van der Waals surface area contributed by atoms with Gasteiger partial charge in [0, 0.05) is 17.8 Å². The van der Waals surface area contributed by atoms with E-state index in [0.29, 0.717) is 18.6 Å². The van der Waals surface area contributed by atoms with E-state index < -0.39 is 0 Å². The summed E-state index contributed by atoms with van der Waals surface area (Å²) in [6.07, 6.45) is 3.11. The van der Waals surface area contributed by atoms with Gasteiger partial charge in [0.25, 0.3) is 0 Å². The minimum absolute atomic E-state index is 0.00805. The number of nitrogens with zero attached hydrogens (tertiary/aromatic N) is 1. The van der Waals surface area contributed by atoms with Gasteiger partial charge in [-0.2, -0.15) is 0 Å². The molecule has 0 radical (unpaired) electrons. The molecule has 0 bridgehead atoms. The zero-order valence-corrected chi connectivity index (χ0v) is 19.1. The van der Waals surface area contributed by atoms with Crippen LogP contribution in [0.15, 0.2) is 78.9 Å². The zero-order valence-electron chi connectivity index (χ0n) is 18.3. The van der Waals surface area contributed by atoms with Crippen LogP contribution in [-0.4, -0.2) is 17.6 Å². The molecule has 1 heterocycles. The van der Waals surface area contributed by atoms with Gasteiger partial charge in [0.1, 0.15) is 5.37 Å². The number of anilines is 2. The Labute approximate surface area is 194 Å². The quantitative estimate of drug-likeness (QED) is 0.464. The first-order chi connectivity index (χ1) is 15.7. The third-order valence-electron chi connectivity index (χ3n) is 5.58. The molecule has 4 nitrogen and oxygen atoms in total. The Morgan fingerprint density at radius 3 is 2.59 bits per heavy atom. The number of hydrogen-bond acceptors (Lipinski definition) is 3. The molecule has 4 rings (SSSR count). The highest BCUT2D eigenvalue weighted by Gasteiger charge is 2.35. The van der Waals surface area contributed by atoms with Gasteiger partial charge in [0.2, 0.25) is 11.8 Å². The van der Waals surface area contributed by atoms with Gasteiger partial charge in [-0.05, 0) is 47.7 Å². The number of aryl methyl sites for hydroxylation is 2. The number of benzene rings is 3. The van der Waals surface area contributed by atoms with Crippen LogP contribution in [0.1, 0.15) is 41.8 Å². The van der Waals surface area contributed by atoms with Gasteiger partial charge >= 0.3 is 0 Å². The minimum atomic E-state index is -0.0957. The largest absolute Gasteiger partial charge is 0.326 e. The van der Waals surface area contributed by atoms with Gasteiger partial charge < -0.3 is 5.32 Å². The third kappa shape index (κ3) is 5.22. The van der Waals surface area contributed by atoms with Crippen molar-refractivity contribution in [2.45, 2.75) is 38.0 Å². The molecule has 1 N–H and O–H groups in total. The summed E-state index contributed by atoms with van der Waals surface area (Å²) < 4.78 is 0. The summed E-state index contributed by atoms with van der Waals surface area (Å²) >= 11 is 1.63.